The molecule has 0 aliphatic rings. The van der Waals surface area contributed by atoms with E-state index >= 15 is 0 Å². The average Bonchev–Trinajstić information content (AvgIpc) is 2.77. The molecule has 0 bridgehead atoms. The summed E-state index contributed by atoms with van der Waals surface area (Å²) in [6, 6.07) is 7.21. The van der Waals surface area contributed by atoms with Crippen LogP contribution in [0.3, 0.4) is 0 Å². The van der Waals surface area contributed by atoms with Crippen LogP contribution >= 0.6 is 0 Å². The lowest BCUT2D eigenvalue weighted by molar-refractivity contribution is -0.124. The van der Waals surface area contributed by atoms with Crippen molar-refractivity contribution in [2.75, 3.05) is 0 Å². The smallest absolute Gasteiger partial charge is 0.237 e. The molecule has 21 heavy (non-hydrogen) atoms. The second-order valence-electron chi connectivity index (χ2n) is 5.40. The highest BCUT2D eigenvalue weighted by Crippen LogP contribution is 2.20. The van der Waals surface area contributed by atoms with Crippen molar-refractivity contribution < 1.29 is 9.59 Å². The molecule has 1 aromatic heterocycles. The van der Waals surface area contributed by atoms with Crippen molar-refractivity contribution in [3.05, 3.63) is 30.1 Å². The molecule has 0 radical (unpaired) electrons. The molecule has 2 aromatic rings. The molecule has 0 saturated carbocycles. The number of para-hydroxylation sites is 2. The summed E-state index contributed by atoms with van der Waals surface area (Å²) in [6.07, 6.45) is 0. The number of fused-ring (bicyclic) bond motifs is 1. The molecule has 0 aliphatic heterocycles. The van der Waals surface area contributed by atoms with E-state index in [0.717, 1.165) is 11.0 Å². The van der Waals surface area contributed by atoms with Crippen LogP contribution in [0.5, 0.6) is 0 Å². The predicted molar refractivity (Wildman–Crippen MR) is 80.3 cm³/mol. The van der Waals surface area contributed by atoms with Gasteiger partial charge in [-0.2, -0.15) is 0 Å². The van der Waals surface area contributed by atoms with Gasteiger partial charge in [-0.25, -0.2) is 4.98 Å². The highest BCUT2D eigenvalue weighted by molar-refractivity contribution is 5.81. The lowest BCUT2D eigenvalue weighted by atomic mass is 10.2. The van der Waals surface area contributed by atoms with E-state index in [1.807, 2.05) is 45.0 Å². The number of hydrogen-bond donors (Lipinski definition) is 2. The zero-order valence-electron chi connectivity index (χ0n) is 12.5. The van der Waals surface area contributed by atoms with Crippen LogP contribution < -0.4 is 11.1 Å². The third-order valence-corrected chi connectivity index (χ3v) is 3.27. The van der Waals surface area contributed by atoms with Gasteiger partial charge in [-0.1, -0.05) is 26.0 Å². The van der Waals surface area contributed by atoms with E-state index in [2.05, 4.69) is 10.3 Å². The van der Waals surface area contributed by atoms with Crippen molar-refractivity contribution in [1.29, 1.82) is 0 Å². The number of nitrogens with zero attached hydrogens (tertiary/aromatic N) is 2. The van der Waals surface area contributed by atoms with E-state index in [4.69, 9.17) is 5.73 Å². The van der Waals surface area contributed by atoms with E-state index in [1.165, 1.54) is 0 Å². The summed E-state index contributed by atoms with van der Waals surface area (Å²) in [5.41, 5.74) is 6.93. The molecule has 112 valence electrons. The Kier molecular flexibility index (Phi) is 4.26. The van der Waals surface area contributed by atoms with Crippen LogP contribution in [0, 0.1) is 5.92 Å². The van der Waals surface area contributed by atoms with Crippen LogP contribution in [0.4, 0.5) is 0 Å². The first-order valence-corrected chi connectivity index (χ1v) is 6.94. The fraction of sp³-hybridized carbons (Fsp3) is 0.400. The van der Waals surface area contributed by atoms with E-state index in [0.29, 0.717) is 5.82 Å². The molecule has 2 rings (SSSR count). The number of carbonyl (C=O) groups is 2. The number of nitrogens with one attached hydrogen (secondary N) is 1. The van der Waals surface area contributed by atoms with Gasteiger partial charge < -0.3 is 15.6 Å². The van der Waals surface area contributed by atoms with E-state index in [1.54, 1.807) is 4.57 Å². The number of nitrogens with two attached hydrogens (primary N) is 1. The third-order valence-electron chi connectivity index (χ3n) is 3.27. The molecular weight excluding hydrogens is 268 g/mol. The second-order valence-corrected chi connectivity index (χ2v) is 5.40. The van der Waals surface area contributed by atoms with Crippen molar-refractivity contribution in [2.45, 2.75) is 33.4 Å². The average molecular weight is 288 g/mol. The minimum atomic E-state index is -0.443. The number of amides is 2. The quantitative estimate of drug-likeness (QED) is 0.870. The van der Waals surface area contributed by atoms with Crippen LogP contribution in [0.1, 0.15) is 32.6 Å². The summed E-state index contributed by atoms with van der Waals surface area (Å²) in [7, 11) is 0. The second kappa shape index (κ2) is 5.95. The molecule has 1 atom stereocenters. The first-order chi connectivity index (χ1) is 9.90. The van der Waals surface area contributed by atoms with Gasteiger partial charge in [0.2, 0.25) is 11.8 Å². The number of benzene rings is 1. The molecule has 2 amide bonds. The summed E-state index contributed by atoms with van der Waals surface area (Å²) in [5, 5.41) is 2.90. The minimum Gasteiger partial charge on any atom is -0.368 e. The minimum absolute atomic E-state index is 0.0394. The Balaban J connectivity index is 2.41. The fourth-order valence-corrected chi connectivity index (χ4v) is 2.19. The van der Waals surface area contributed by atoms with Crippen LogP contribution in [-0.2, 0) is 16.1 Å². The summed E-state index contributed by atoms with van der Waals surface area (Å²) in [5.74, 6) is 0.0207. The Morgan fingerprint density at radius 1 is 1.29 bits per heavy atom. The lowest BCUT2D eigenvalue weighted by Gasteiger charge is -2.16. The SMILES string of the molecule is CC(C)C(=O)N[C@H](C)c1nc2ccccc2n1CC(N)=O. The fourth-order valence-electron chi connectivity index (χ4n) is 2.19. The van der Waals surface area contributed by atoms with Gasteiger partial charge in [0.05, 0.1) is 17.1 Å². The van der Waals surface area contributed by atoms with Crippen LogP contribution in [0.15, 0.2) is 24.3 Å². The van der Waals surface area contributed by atoms with E-state index < -0.39 is 5.91 Å². The maximum absolute atomic E-state index is 11.8. The molecule has 0 fully saturated rings. The largest absolute Gasteiger partial charge is 0.368 e. The number of aromatic nitrogens is 2. The zero-order chi connectivity index (χ0) is 15.6. The first kappa shape index (κ1) is 15.0. The molecule has 1 aromatic carbocycles. The molecule has 0 spiro atoms. The van der Waals surface area contributed by atoms with Gasteiger partial charge in [0.15, 0.2) is 0 Å². The molecule has 0 saturated heterocycles. The zero-order valence-corrected chi connectivity index (χ0v) is 12.5. The Labute approximate surface area is 123 Å². The standard InChI is InChI=1S/C15H20N4O2/c1-9(2)15(21)17-10(3)14-18-11-6-4-5-7-12(11)19(14)8-13(16)20/h4-7,9-10H,8H2,1-3H3,(H2,16,20)(H,17,21)/t10-/m1/s1. The van der Waals surface area contributed by atoms with Crippen LogP contribution in [0.25, 0.3) is 11.0 Å². The number of carbonyl (C=O) groups excluding carboxylic acids is 2. The number of hydrogen-bond acceptors (Lipinski definition) is 3. The molecule has 6 heteroatoms. The van der Waals surface area contributed by atoms with Gasteiger partial charge in [0.1, 0.15) is 12.4 Å². The molecule has 0 unspecified atom stereocenters. The van der Waals surface area contributed by atoms with Gasteiger partial charge in [-0.15, -0.1) is 0 Å². The maximum atomic E-state index is 11.8. The number of primary amides is 1. The Morgan fingerprint density at radius 3 is 2.57 bits per heavy atom. The van der Waals surface area contributed by atoms with E-state index in [9.17, 15) is 9.59 Å². The molecule has 1 heterocycles. The van der Waals surface area contributed by atoms with Crippen molar-refractivity contribution in [3.63, 3.8) is 0 Å². The lowest BCUT2D eigenvalue weighted by Crippen LogP contribution is -2.32. The van der Waals surface area contributed by atoms with Gasteiger partial charge in [-0.05, 0) is 19.1 Å². The normalized spacial score (nSPS) is 12.6. The Bertz CT molecular complexity index is 675. The van der Waals surface area contributed by atoms with Crippen molar-refractivity contribution in [1.82, 2.24) is 14.9 Å². The topological polar surface area (TPSA) is 90.0 Å². The molecule has 3 N–H and O–H groups in total. The predicted octanol–water partition coefficient (Wildman–Crippen LogP) is 1.35. The monoisotopic (exact) mass is 288 g/mol. The van der Waals surface area contributed by atoms with Crippen LogP contribution in [-0.4, -0.2) is 21.4 Å². The highest BCUT2D eigenvalue weighted by atomic mass is 16.2. The summed E-state index contributed by atoms with van der Waals surface area (Å²) < 4.78 is 1.75. The summed E-state index contributed by atoms with van der Waals surface area (Å²) >= 11 is 0. The van der Waals surface area contributed by atoms with Gasteiger partial charge in [0.25, 0.3) is 0 Å². The number of rotatable bonds is 5. The molecular formula is C15H20N4O2. The maximum Gasteiger partial charge on any atom is 0.237 e. The highest BCUT2D eigenvalue weighted by Gasteiger charge is 2.20. The van der Waals surface area contributed by atoms with Crippen molar-refractivity contribution in [3.8, 4) is 0 Å². The summed E-state index contributed by atoms with van der Waals surface area (Å²) in [6.45, 7) is 5.54. The number of imidazole rings is 1. The molecule has 6 nitrogen and oxygen atoms in total. The van der Waals surface area contributed by atoms with Gasteiger partial charge >= 0.3 is 0 Å². The van der Waals surface area contributed by atoms with E-state index in [-0.39, 0.29) is 24.4 Å². The van der Waals surface area contributed by atoms with Crippen LogP contribution in [0.2, 0.25) is 0 Å². The first-order valence-electron chi connectivity index (χ1n) is 6.94. The van der Waals surface area contributed by atoms with Gasteiger partial charge in [0, 0.05) is 5.92 Å². The summed E-state index contributed by atoms with van der Waals surface area (Å²) in [4.78, 5) is 27.7. The van der Waals surface area contributed by atoms with Gasteiger partial charge in [-0.3, -0.25) is 9.59 Å². The van der Waals surface area contributed by atoms with Crippen molar-refractivity contribution in [2.24, 2.45) is 11.7 Å². The Hall–Kier alpha value is -2.37. The Morgan fingerprint density at radius 2 is 1.95 bits per heavy atom. The van der Waals surface area contributed by atoms with Crippen molar-refractivity contribution >= 4 is 22.8 Å². The molecule has 0 aliphatic carbocycles. The third kappa shape index (κ3) is 3.21.